The van der Waals surface area contributed by atoms with Crippen molar-refractivity contribution in [2.75, 3.05) is 40.3 Å². The van der Waals surface area contributed by atoms with E-state index in [9.17, 15) is 9.59 Å². The average Bonchev–Trinajstić information content (AvgIpc) is 2.66. The highest BCUT2D eigenvalue weighted by molar-refractivity contribution is 5.78. The quantitative estimate of drug-likeness (QED) is 0.703. The van der Waals surface area contributed by atoms with Gasteiger partial charge in [-0.05, 0) is 19.9 Å². The fourth-order valence-electron chi connectivity index (χ4n) is 2.46. The standard InChI is InChI=1S/C14H26N2O3/c1-12(14(18)19-3)10-15(2)11-13(17)16-8-6-4-5-7-9-16/h12H,4-11H2,1-3H3. The Morgan fingerprint density at radius 1 is 1.21 bits per heavy atom. The normalized spacial score (nSPS) is 18.0. The monoisotopic (exact) mass is 270 g/mol. The Bertz CT molecular complexity index is 299. The zero-order valence-corrected chi connectivity index (χ0v) is 12.4. The minimum atomic E-state index is -0.228. The minimum Gasteiger partial charge on any atom is -0.469 e. The van der Waals surface area contributed by atoms with Crippen LogP contribution in [0.15, 0.2) is 0 Å². The molecule has 1 fully saturated rings. The van der Waals surface area contributed by atoms with Gasteiger partial charge in [-0.1, -0.05) is 19.8 Å². The number of likely N-dealkylation sites (tertiary alicyclic amines) is 1. The minimum absolute atomic E-state index is 0.168. The molecule has 1 aliphatic rings. The molecule has 1 rings (SSSR count). The van der Waals surface area contributed by atoms with Crippen LogP contribution < -0.4 is 0 Å². The van der Waals surface area contributed by atoms with E-state index in [4.69, 9.17) is 0 Å². The van der Waals surface area contributed by atoms with Crippen LogP contribution in [-0.4, -0.2) is 62.0 Å². The molecule has 1 aliphatic heterocycles. The molecular weight excluding hydrogens is 244 g/mol. The summed E-state index contributed by atoms with van der Waals surface area (Å²) in [7, 11) is 3.26. The maximum Gasteiger partial charge on any atom is 0.309 e. The number of rotatable bonds is 5. The van der Waals surface area contributed by atoms with Crippen molar-refractivity contribution in [1.29, 1.82) is 0 Å². The number of amides is 1. The Morgan fingerprint density at radius 3 is 2.32 bits per heavy atom. The van der Waals surface area contributed by atoms with Crippen LogP contribution in [0.5, 0.6) is 0 Å². The van der Waals surface area contributed by atoms with Gasteiger partial charge in [0.1, 0.15) is 0 Å². The smallest absolute Gasteiger partial charge is 0.309 e. The lowest BCUT2D eigenvalue weighted by molar-refractivity contribution is -0.146. The van der Waals surface area contributed by atoms with Crippen LogP contribution in [0.3, 0.4) is 0 Å². The van der Waals surface area contributed by atoms with Gasteiger partial charge >= 0.3 is 5.97 Å². The molecule has 1 heterocycles. The lowest BCUT2D eigenvalue weighted by atomic mass is 10.2. The maximum atomic E-state index is 12.2. The molecule has 0 N–H and O–H groups in total. The van der Waals surface area contributed by atoms with E-state index in [1.54, 1.807) is 0 Å². The first-order valence-electron chi connectivity index (χ1n) is 7.08. The molecule has 1 amide bonds. The fraction of sp³-hybridized carbons (Fsp3) is 0.857. The van der Waals surface area contributed by atoms with Crippen LogP contribution in [0, 0.1) is 5.92 Å². The molecule has 1 saturated heterocycles. The molecule has 5 heteroatoms. The first-order valence-corrected chi connectivity index (χ1v) is 7.08. The maximum absolute atomic E-state index is 12.2. The number of nitrogens with zero attached hydrogens (tertiary/aromatic N) is 2. The predicted molar refractivity (Wildman–Crippen MR) is 73.7 cm³/mol. The van der Waals surface area contributed by atoms with Crippen molar-refractivity contribution < 1.29 is 14.3 Å². The second-order valence-corrected chi connectivity index (χ2v) is 5.42. The molecule has 19 heavy (non-hydrogen) atoms. The summed E-state index contributed by atoms with van der Waals surface area (Å²) < 4.78 is 4.69. The predicted octanol–water partition coefficient (Wildman–Crippen LogP) is 1.13. The average molecular weight is 270 g/mol. The molecule has 5 nitrogen and oxygen atoms in total. The van der Waals surface area contributed by atoms with Crippen molar-refractivity contribution in [3.8, 4) is 0 Å². The third-order valence-corrected chi connectivity index (χ3v) is 3.55. The van der Waals surface area contributed by atoms with Crippen LogP contribution >= 0.6 is 0 Å². The summed E-state index contributed by atoms with van der Waals surface area (Å²) in [5, 5.41) is 0. The second kappa shape index (κ2) is 8.15. The number of esters is 1. The fourth-order valence-corrected chi connectivity index (χ4v) is 2.46. The summed E-state index contributed by atoms with van der Waals surface area (Å²) in [6.07, 6.45) is 4.65. The van der Waals surface area contributed by atoms with Gasteiger partial charge in [0.25, 0.3) is 0 Å². The first-order chi connectivity index (χ1) is 9.04. The summed E-state index contributed by atoms with van der Waals surface area (Å²) >= 11 is 0. The van der Waals surface area contributed by atoms with Crippen molar-refractivity contribution in [2.24, 2.45) is 5.92 Å². The molecule has 1 unspecified atom stereocenters. The third kappa shape index (κ3) is 5.59. The highest BCUT2D eigenvalue weighted by Crippen LogP contribution is 2.10. The number of likely N-dealkylation sites (N-methyl/N-ethyl adjacent to an activating group) is 1. The van der Waals surface area contributed by atoms with Crippen molar-refractivity contribution in [3.63, 3.8) is 0 Å². The van der Waals surface area contributed by atoms with Gasteiger partial charge in [0.2, 0.25) is 5.91 Å². The first kappa shape index (κ1) is 16.0. The van der Waals surface area contributed by atoms with Crippen molar-refractivity contribution >= 4 is 11.9 Å². The highest BCUT2D eigenvalue weighted by Gasteiger charge is 2.20. The van der Waals surface area contributed by atoms with Gasteiger partial charge in [0, 0.05) is 19.6 Å². The molecule has 0 saturated carbocycles. The molecular formula is C14H26N2O3. The Hall–Kier alpha value is -1.10. The summed E-state index contributed by atoms with van der Waals surface area (Å²) in [6.45, 7) is 4.49. The van der Waals surface area contributed by atoms with E-state index in [0.717, 1.165) is 25.9 Å². The van der Waals surface area contributed by atoms with E-state index in [-0.39, 0.29) is 17.8 Å². The van der Waals surface area contributed by atoms with E-state index in [1.165, 1.54) is 20.0 Å². The van der Waals surface area contributed by atoms with E-state index in [1.807, 2.05) is 23.8 Å². The van der Waals surface area contributed by atoms with E-state index < -0.39 is 0 Å². The van der Waals surface area contributed by atoms with E-state index in [2.05, 4.69) is 4.74 Å². The largest absolute Gasteiger partial charge is 0.469 e. The number of carbonyl (C=O) groups is 2. The van der Waals surface area contributed by atoms with Crippen molar-refractivity contribution in [3.05, 3.63) is 0 Å². The number of hydrogen-bond acceptors (Lipinski definition) is 4. The molecule has 0 aromatic rings. The Morgan fingerprint density at radius 2 is 1.79 bits per heavy atom. The summed E-state index contributed by atoms with van der Waals surface area (Å²) in [4.78, 5) is 27.3. The van der Waals surface area contributed by atoms with Gasteiger partial charge in [-0.25, -0.2) is 0 Å². The second-order valence-electron chi connectivity index (χ2n) is 5.42. The third-order valence-electron chi connectivity index (χ3n) is 3.55. The summed E-state index contributed by atoms with van der Waals surface area (Å²) in [5.41, 5.74) is 0. The molecule has 110 valence electrons. The SMILES string of the molecule is COC(=O)C(C)CN(C)CC(=O)N1CCCCCC1. The summed E-state index contributed by atoms with van der Waals surface area (Å²) in [5.74, 6) is -0.262. The van der Waals surface area contributed by atoms with Gasteiger partial charge in [0.15, 0.2) is 0 Å². The molecule has 0 bridgehead atoms. The Labute approximate surface area is 115 Å². The van der Waals surface area contributed by atoms with E-state index in [0.29, 0.717) is 13.1 Å². The van der Waals surface area contributed by atoms with Gasteiger partial charge in [-0.3, -0.25) is 14.5 Å². The Kier molecular flexibility index (Phi) is 6.84. The van der Waals surface area contributed by atoms with Gasteiger partial charge in [-0.15, -0.1) is 0 Å². The molecule has 1 atom stereocenters. The van der Waals surface area contributed by atoms with Crippen LogP contribution in [0.4, 0.5) is 0 Å². The van der Waals surface area contributed by atoms with Crippen LogP contribution in [0.2, 0.25) is 0 Å². The van der Waals surface area contributed by atoms with Gasteiger partial charge in [0.05, 0.1) is 19.6 Å². The molecule has 0 radical (unpaired) electrons. The van der Waals surface area contributed by atoms with Crippen LogP contribution in [-0.2, 0) is 14.3 Å². The highest BCUT2D eigenvalue weighted by atomic mass is 16.5. The zero-order valence-electron chi connectivity index (χ0n) is 12.4. The lowest BCUT2D eigenvalue weighted by Gasteiger charge is -2.25. The van der Waals surface area contributed by atoms with E-state index >= 15 is 0 Å². The molecule has 0 aromatic carbocycles. The van der Waals surface area contributed by atoms with Crippen molar-refractivity contribution in [2.45, 2.75) is 32.6 Å². The number of ether oxygens (including phenoxy) is 1. The Balaban J connectivity index is 2.36. The van der Waals surface area contributed by atoms with Crippen LogP contribution in [0.1, 0.15) is 32.6 Å². The van der Waals surface area contributed by atoms with Gasteiger partial charge < -0.3 is 9.64 Å². The lowest BCUT2D eigenvalue weighted by Crippen LogP contribution is -2.41. The molecule has 0 aromatic heterocycles. The molecule has 0 spiro atoms. The van der Waals surface area contributed by atoms with Crippen LogP contribution in [0.25, 0.3) is 0 Å². The zero-order chi connectivity index (χ0) is 14.3. The van der Waals surface area contributed by atoms with Crippen molar-refractivity contribution in [1.82, 2.24) is 9.80 Å². The number of methoxy groups -OCH3 is 1. The molecule has 0 aliphatic carbocycles. The topological polar surface area (TPSA) is 49.9 Å². The number of carbonyl (C=O) groups excluding carboxylic acids is 2. The van der Waals surface area contributed by atoms with Gasteiger partial charge in [-0.2, -0.15) is 0 Å². The summed E-state index contributed by atoms with van der Waals surface area (Å²) in [6, 6.07) is 0. The number of hydrogen-bond donors (Lipinski definition) is 0.